The van der Waals surface area contributed by atoms with E-state index in [1.807, 2.05) is 6.92 Å². The van der Waals surface area contributed by atoms with Gasteiger partial charge in [0.2, 0.25) is 0 Å². The van der Waals surface area contributed by atoms with Crippen LogP contribution >= 0.6 is 11.6 Å². The zero-order valence-corrected chi connectivity index (χ0v) is 11.4. The van der Waals surface area contributed by atoms with Gasteiger partial charge in [0.05, 0.1) is 18.7 Å². The number of H-pyrrole nitrogens is 1. The van der Waals surface area contributed by atoms with Crippen molar-refractivity contribution in [2.75, 3.05) is 0 Å². The number of nitrogens with zero attached hydrogens (tertiary/aromatic N) is 3. The van der Waals surface area contributed by atoms with E-state index in [4.69, 9.17) is 11.6 Å². The molecule has 0 atom stereocenters. The molecule has 0 aliphatic carbocycles. The molecule has 1 N–H and O–H groups in total. The minimum absolute atomic E-state index is 0.146. The molecule has 0 bridgehead atoms. The lowest BCUT2D eigenvalue weighted by Gasteiger charge is -2.08. The molecule has 0 fully saturated rings. The van der Waals surface area contributed by atoms with Crippen molar-refractivity contribution in [3.63, 3.8) is 0 Å². The van der Waals surface area contributed by atoms with Crippen LogP contribution in [0.5, 0.6) is 0 Å². The maximum absolute atomic E-state index is 12.2. The predicted octanol–water partition coefficient (Wildman–Crippen LogP) is 1.04. The van der Waals surface area contributed by atoms with Gasteiger partial charge < -0.3 is 0 Å². The number of hydrogen-bond donors (Lipinski definition) is 1. The van der Waals surface area contributed by atoms with Crippen molar-refractivity contribution in [1.29, 1.82) is 0 Å². The molecule has 0 unspecified atom stereocenters. The van der Waals surface area contributed by atoms with Crippen LogP contribution in [0.15, 0.2) is 28.0 Å². The van der Waals surface area contributed by atoms with Gasteiger partial charge in [-0.1, -0.05) is 24.9 Å². The second kappa shape index (κ2) is 5.88. The van der Waals surface area contributed by atoms with Gasteiger partial charge in [-0.05, 0) is 12.5 Å². The molecule has 0 aromatic carbocycles. The topological polar surface area (TPSA) is 72.7 Å². The van der Waals surface area contributed by atoms with Gasteiger partial charge in [-0.3, -0.25) is 19.0 Å². The number of rotatable bonds is 5. The van der Waals surface area contributed by atoms with E-state index in [1.54, 1.807) is 23.1 Å². The Labute approximate surface area is 114 Å². The lowest BCUT2D eigenvalue weighted by Crippen LogP contribution is -2.38. The molecule has 0 aliphatic heterocycles. The standard InChI is InChI=1S/C12H15ClN4O2/c1-2-4-9-10(13)15-12(19)17(11(9)18)8-7-16-6-3-5-14-16/h3,5-6H,2,4,7-8H2,1H3,(H,15,19). The van der Waals surface area contributed by atoms with Gasteiger partial charge in [-0.15, -0.1) is 0 Å². The predicted molar refractivity (Wildman–Crippen MR) is 72.6 cm³/mol. The zero-order chi connectivity index (χ0) is 13.8. The third-order valence-corrected chi connectivity index (χ3v) is 3.16. The minimum atomic E-state index is -0.484. The first-order valence-corrected chi connectivity index (χ1v) is 6.50. The van der Waals surface area contributed by atoms with E-state index in [2.05, 4.69) is 10.1 Å². The Bertz CT molecular complexity index is 657. The van der Waals surface area contributed by atoms with Crippen molar-refractivity contribution in [3.8, 4) is 0 Å². The fourth-order valence-corrected chi connectivity index (χ4v) is 2.15. The van der Waals surface area contributed by atoms with E-state index >= 15 is 0 Å². The van der Waals surface area contributed by atoms with Gasteiger partial charge >= 0.3 is 5.69 Å². The molecular weight excluding hydrogens is 268 g/mol. The van der Waals surface area contributed by atoms with Crippen molar-refractivity contribution in [3.05, 3.63) is 50.0 Å². The summed E-state index contributed by atoms with van der Waals surface area (Å²) in [5.74, 6) is 0. The number of nitrogens with one attached hydrogen (secondary N) is 1. The van der Waals surface area contributed by atoms with E-state index < -0.39 is 5.69 Å². The highest BCUT2D eigenvalue weighted by atomic mass is 35.5. The first-order valence-electron chi connectivity index (χ1n) is 6.12. The van der Waals surface area contributed by atoms with Crippen LogP contribution in [0.25, 0.3) is 0 Å². The third-order valence-electron chi connectivity index (χ3n) is 2.84. The van der Waals surface area contributed by atoms with Crippen LogP contribution in [0.1, 0.15) is 18.9 Å². The van der Waals surface area contributed by atoms with Crippen LogP contribution < -0.4 is 11.2 Å². The normalized spacial score (nSPS) is 10.8. The Morgan fingerprint density at radius 1 is 1.37 bits per heavy atom. The van der Waals surface area contributed by atoms with Crippen LogP contribution in [-0.4, -0.2) is 19.3 Å². The highest BCUT2D eigenvalue weighted by Gasteiger charge is 2.11. The molecule has 0 amide bonds. The first kappa shape index (κ1) is 13.6. The van der Waals surface area contributed by atoms with Crippen molar-refractivity contribution in [2.45, 2.75) is 32.9 Å². The van der Waals surface area contributed by atoms with Gasteiger partial charge in [0.15, 0.2) is 0 Å². The lowest BCUT2D eigenvalue weighted by molar-refractivity contribution is 0.505. The van der Waals surface area contributed by atoms with Crippen molar-refractivity contribution < 1.29 is 0 Å². The molecular formula is C12H15ClN4O2. The fourth-order valence-electron chi connectivity index (χ4n) is 1.89. The largest absolute Gasteiger partial charge is 0.329 e. The van der Waals surface area contributed by atoms with E-state index in [-0.39, 0.29) is 17.3 Å². The van der Waals surface area contributed by atoms with E-state index in [1.165, 1.54) is 4.57 Å². The smallest absolute Gasteiger partial charge is 0.297 e. The Balaban J connectivity index is 2.32. The highest BCUT2D eigenvalue weighted by molar-refractivity contribution is 6.30. The third kappa shape index (κ3) is 2.96. The molecule has 2 rings (SSSR count). The van der Waals surface area contributed by atoms with Gasteiger partial charge in [-0.25, -0.2) is 4.79 Å². The van der Waals surface area contributed by atoms with Crippen LogP contribution in [0.2, 0.25) is 5.15 Å². The molecule has 19 heavy (non-hydrogen) atoms. The minimum Gasteiger partial charge on any atom is -0.297 e. The maximum atomic E-state index is 12.2. The molecule has 0 saturated heterocycles. The number of halogens is 1. The summed E-state index contributed by atoms with van der Waals surface area (Å²) in [6, 6.07) is 1.79. The molecule has 2 aromatic rings. The summed E-state index contributed by atoms with van der Waals surface area (Å²) in [5, 5.41) is 4.18. The Hall–Kier alpha value is -1.82. The van der Waals surface area contributed by atoms with Gasteiger partial charge in [0.1, 0.15) is 5.15 Å². The Morgan fingerprint density at radius 2 is 2.16 bits per heavy atom. The van der Waals surface area contributed by atoms with Gasteiger partial charge in [0.25, 0.3) is 5.56 Å². The number of aromatic amines is 1. The molecule has 2 heterocycles. The molecule has 7 heteroatoms. The Morgan fingerprint density at radius 3 is 2.79 bits per heavy atom. The van der Waals surface area contributed by atoms with E-state index in [0.29, 0.717) is 18.5 Å². The summed E-state index contributed by atoms with van der Waals surface area (Å²) in [5.41, 5.74) is -0.339. The van der Waals surface area contributed by atoms with Gasteiger partial charge in [-0.2, -0.15) is 5.10 Å². The number of aryl methyl sites for hydroxylation is 1. The van der Waals surface area contributed by atoms with E-state index in [9.17, 15) is 9.59 Å². The summed E-state index contributed by atoms with van der Waals surface area (Å²) < 4.78 is 2.83. The number of hydrogen-bond acceptors (Lipinski definition) is 3. The first-order chi connectivity index (χ1) is 9.13. The fraction of sp³-hybridized carbons (Fsp3) is 0.417. The van der Waals surface area contributed by atoms with Crippen LogP contribution in [0.4, 0.5) is 0 Å². The second-order valence-corrected chi connectivity index (χ2v) is 4.58. The summed E-state index contributed by atoms with van der Waals surface area (Å²) in [6.07, 6.45) is 4.77. The summed E-state index contributed by atoms with van der Waals surface area (Å²) in [4.78, 5) is 26.5. The summed E-state index contributed by atoms with van der Waals surface area (Å²) >= 11 is 5.90. The van der Waals surface area contributed by atoms with Crippen molar-refractivity contribution in [1.82, 2.24) is 19.3 Å². The molecule has 2 aromatic heterocycles. The van der Waals surface area contributed by atoms with Crippen LogP contribution in [-0.2, 0) is 19.5 Å². The molecule has 0 radical (unpaired) electrons. The average Bonchev–Trinajstić information content (AvgIpc) is 2.87. The van der Waals surface area contributed by atoms with Gasteiger partial charge in [0, 0.05) is 12.4 Å². The molecule has 102 valence electrons. The zero-order valence-electron chi connectivity index (χ0n) is 10.6. The maximum Gasteiger partial charge on any atom is 0.329 e. The van der Waals surface area contributed by atoms with Crippen LogP contribution in [0, 0.1) is 0 Å². The molecule has 0 aliphatic rings. The second-order valence-electron chi connectivity index (χ2n) is 4.20. The molecule has 0 saturated carbocycles. The monoisotopic (exact) mass is 282 g/mol. The van der Waals surface area contributed by atoms with Crippen molar-refractivity contribution >= 4 is 11.6 Å². The summed E-state index contributed by atoms with van der Waals surface area (Å²) in [6.45, 7) is 2.68. The summed E-state index contributed by atoms with van der Waals surface area (Å²) in [7, 11) is 0. The molecule has 0 spiro atoms. The average molecular weight is 283 g/mol. The lowest BCUT2D eigenvalue weighted by atomic mass is 10.2. The number of aromatic nitrogens is 4. The van der Waals surface area contributed by atoms with Crippen LogP contribution in [0.3, 0.4) is 0 Å². The SMILES string of the molecule is CCCc1c(Cl)[nH]c(=O)n(CCn2cccn2)c1=O. The quantitative estimate of drug-likeness (QED) is 0.833. The van der Waals surface area contributed by atoms with Crippen molar-refractivity contribution in [2.24, 2.45) is 0 Å². The van der Waals surface area contributed by atoms with E-state index in [0.717, 1.165) is 6.42 Å². The Kier molecular flexibility index (Phi) is 4.21. The highest BCUT2D eigenvalue weighted by Crippen LogP contribution is 2.07. The molecule has 6 nitrogen and oxygen atoms in total.